The van der Waals surface area contributed by atoms with Crippen molar-refractivity contribution in [2.24, 2.45) is 0 Å². The summed E-state index contributed by atoms with van der Waals surface area (Å²) in [4.78, 5) is 24.3. The quantitative estimate of drug-likeness (QED) is 0.912. The molecule has 1 N–H and O–H groups in total. The Morgan fingerprint density at radius 1 is 1.45 bits per heavy atom. The molecule has 0 radical (unpaired) electrons. The Kier molecular flexibility index (Phi) is 4.16. The van der Waals surface area contributed by atoms with E-state index in [1.165, 1.54) is 11.0 Å². The lowest BCUT2D eigenvalue weighted by molar-refractivity contribution is 0.0943. The lowest BCUT2D eigenvalue weighted by Crippen LogP contribution is -2.28. The molecule has 1 heterocycles. The van der Waals surface area contributed by atoms with Crippen molar-refractivity contribution >= 4 is 12.0 Å². The number of cyclic esters (lactones) is 1. The van der Waals surface area contributed by atoms with Crippen LogP contribution in [0.25, 0.3) is 0 Å². The Bertz CT molecular complexity index is 536. The van der Waals surface area contributed by atoms with Crippen LogP contribution in [0.15, 0.2) is 18.2 Å². The summed E-state index contributed by atoms with van der Waals surface area (Å²) < 4.78 is 30.7. The van der Waals surface area contributed by atoms with E-state index in [0.717, 1.165) is 12.1 Å². The molecule has 0 aliphatic carbocycles. The molecular weight excluding hydrogens is 270 g/mol. The van der Waals surface area contributed by atoms with Crippen molar-refractivity contribution in [3.63, 3.8) is 0 Å². The number of amides is 2. The van der Waals surface area contributed by atoms with E-state index in [2.05, 4.69) is 5.32 Å². The molecule has 1 fully saturated rings. The highest BCUT2D eigenvalue weighted by Crippen LogP contribution is 2.12. The first-order valence-corrected chi connectivity index (χ1v) is 6.12. The maximum Gasteiger partial charge on any atom is 0.409 e. The fourth-order valence-electron chi connectivity index (χ4n) is 1.89. The van der Waals surface area contributed by atoms with E-state index in [-0.39, 0.29) is 24.3 Å². The maximum absolute atomic E-state index is 13.0. The molecular formula is C13H14F2N2O3. The van der Waals surface area contributed by atoms with Crippen LogP contribution in [0.5, 0.6) is 0 Å². The Labute approximate surface area is 114 Å². The molecule has 1 unspecified atom stereocenters. The molecule has 2 rings (SSSR count). The fourth-order valence-corrected chi connectivity index (χ4v) is 1.89. The Morgan fingerprint density at radius 2 is 2.20 bits per heavy atom. The van der Waals surface area contributed by atoms with E-state index >= 15 is 0 Å². The summed E-state index contributed by atoms with van der Waals surface area (Å²) in [5, 5.41) is 2.56. The van der Waals surface area contributed by atoms with E-state index < -0.39 is 17.5 Å². The minimum absolute atomic E-state index is 0.0458. The van der Waals surface area contributed by atoms with Crippen molar-refractivity contribution in [2.45, 2.75) is 12.5 Å². The topological polar surface area (TPSA) is 58.6 Å². The van der Waals surface area contributed by atoms with Crippen LogP contribution in [0.4, 0.5) is 13.6 Å². The van der Waals surface area contributed by atoms with Gasteiger partial charge in [-0.05, 0) is 18.2 Å². The van der Waals surface area contributed by atoms with Gasteiger partial charge in [0, 0.05) is 25.6 Å². The predicted octanol–water partition coefficient (Wildman–Crippen LogP) is 1.54. The van der Waals surface area contributed by atoms with Gasteiger partial charge < -0.3 is 15.0 Å². The summed E-state index contributed by atoms with van der Waals surface area (Å²) in [5.41, 5.74) is 0.0458. The number of ether oxygens (including phenoxy) is 1. The Morgan fingerprint density at radius 3 is 2.80 bits per heavy atom. The number of rotatable bonds is 4. The molecule has 5 nitrogen and oxygen atoms in total. The van der Waals surface area contributed by atoms with E-state index in [1.54, 1.807) is 7.05 Å². The Balaban J connectivity index is 1.81. The van der Waals surface area contributed by atoms with Crippen LogP contribution in [0.2, 0.25) is 0 Å². The van der Waals surface area contributed by atoms with Crippen LogP contribution in [0.3, 0.4) is 0 Å². The molecule has 0 aromatic heterocycles. The van der Waals surface area contributed by atoms with Gasteiger partial charge >= 0.3 is 6.09 Å². The number of hydrogen-bond donors (Lipinski definition) is 1. The molecule has 1 atom stereocenters. The third-order valence-electron chi connectivity index (χ3n) is 2.99. The van der Waals surface area contributed by atoms with E-state index in [4.69, 9.17) is 4.74 Å². The van der Waals surface area contributed by atoms with Crippen molar-refractivity contribution < 1.29 is 23.1 Å². The number of nitrogens with zero attached hydrogens (tertiary/aromatic N) is 1. The maximum atomic E-state index is 13.0. The molecule has 2 amide bonds. The van der Waals surface area contributed by atoms with Gasteiger partial charge in [0.05, 0.1) is 6.54 Å². The smallest absolute Gasteiger partial charge is 0.409 e. The molecule has 0 spiro atoms. The van der Waals surface area contributed by atoms with Gasteiger partial charge in [0.2, 0.25) is 0 Å². The van der Waals surface area contributed by atoms with Gasteiger partial charge in [-0.1, -0.05) is 0 Å². The van der Waals surface area contributed by atoms with E-state index in [9.17, 15) is 18.4 Å². The van der Waals surface area contributed by atoms with Crippen molar-refractivity contribution in [3.05, 3.63) is 35.4 Å². The van der Waals surface area contributed by atoms with Crippen molar-refractivity contribution in [1.29, 1.82) is 0 Å². The van der Waals surface area contributed by atoms with Crippen LogP contribution in [0.1, 0.15) is 16.8 Å². The molecule has 20 heavy (non-hydrogen) atoms. The average Bonchev–Trinajstić information content (AvgIpc) is 2.72. The van der Waals surface area contributed by atoms with Crippen LogP contribution >= 0.6 is 0 Å². The third-order valence-corrected chi connectivity index (χ3v) is 2.99. The first-order valence-electron chi connectivity index (χ1n) is 6.12. The molecule has 0 saturated carbocycles. The summed E-state index contributed by atoms with van der Waals surface area (Å²) in [6.45, 7) is 0.753. The second-order valence-corrected chi connectivity index (χ2v) is 4.56. The summed E-state index contributed by atoms with van der Waals surface area (Å²) in [5.74, 6) is -2.56. The van der Waals surface area contributed by atoms with Crippen LogP contribution < -0.4 is 5.32 Å². The zero-order chi connectivity index (χ0) is 14.7. The first-order chi connectivity index (χ1) is 9.47. The summed E-state index contributed by atoms with van der Waals surface area (Å²) in [6.07, 6.45) is -0.189. The number of hydrogen-bond acceptors (Lipinski definition) is 3. The van der Waals surface area contributed by atoms with E-state index in [1.807, 2.05) is 0 Å². The second kappa shape index (κ2) is 5.85. The fraction of sp³-hybridized carbons (Fsp3) is 0.385. The standard InChI is InChI=1S/C13H14F2N2O3/c1-17-7-9(20-13(17)19)4-5-16-12(18)8-2-3-10(14)11(15)6-8/h2-3,6,9H,4-5,7H2,1H3,(H,16,18). The van der Waals surface area contributed by atoms with Gasteiger partial charge in [-0.15, -0.1) is 0 Å². The Hall–Kier alpha value is -2.18. The van der Waals surface area contributed by atoms with Gasteiger partial charge in [-0.3, -0.25) is 4.79 Å². The van der Waals surface area contributed by atoms with Crippen molar-refractivity contribution in [1.82, 2.24) is 10.2 Å². The molecule has 1 aliphatic rings. The summed E-state index contributed by atoms with van der Waals surface area (Å²) in [7, 11) is 1.63. The first kappa shape index (κ1) is 14.2. The van der Waals surface area contributed by atoms with Gasteiger partial charge in [0.25, 0.3) is 5.91 Å². The molecule has 1 aromatic carbocycles. The normalized spacial score (nSPS) is 18.1. The number of nitrogens with one attached hydrogen (secondary N) is 1. The second-order valence-electron chi connectivity index (χ2n) is 4.56. The van der Waals surface area contributed by atoms with Crippen molar-refractivity contribution in [3.8, 4) is 0 Å². The number of benzene rings is 1. The highest BCUT2D eigenvalue weighted by atomic mass is 19.2. The van der Waals surface area contributed by atoms with Gasteiger partial charge in [-0.25, -0.2) is 13.6 Å². The largest absolute Gasteiger partial charge is 0.444 e. The lowest BCUT2D eigenvalue weighted by Gasteiger charge is -2.09. The number of carbonyl (C=O) groups is 2. The van der Waals surface area contributed by atoms with Crippen LogP contribution in [0, 0.1) is 11.6 Å². The average molecular weight is 284 g/mol. The molecule has 1 saturated heterocycles. The van der Waals surface area contributed by atoms with E-state index in [0.29, 0.717) is 13.0 Å². The monoisotopic (exact) mass is 284 g/mol. The minimum atomic E-state index is -1.07. The number of carbonyl (C=O) groups excluding carboxylic acids is 2. The number of halogens is 2. The van der Waals surface area contributed by atoms with Crippen LogP contribution in [-0.2, 0) is 4.74 Å². The molecule has 108 valence electrons. The molecule has 0 bridgehead atoms. The third kappa shape index (κ3) is 3.23. The minimum Gasteiger partial charge on any atom is -0.444 e. The van der Waals surface area contributed by atoms with Gasteiger partial charge in [0.15, 0.2) is 11.6 Å². The molecule has 7 heteroatoms. The zero-order valence-electron chi connectivity index (χ0n) is 10.9. The SMILES string of the molecule is CN1CC(CCNC(=O)c2ccc(F)c(F)c2)OC1=O. The van der Waals surface area contributed by atoms with Crippen molar-refractivity contribution in [2.75, 3.05) is 20.1 Å². The predicted molar refractivity (Wildman–Crippen MR) is 66.2 cm³/mol. The molecule has 1 aromatic rings. The summed E-state index contributed by atoms with van der Waals surface area (Å²) >= 11 is 0. The lowest BCUT2D eigenvalue weighted by atomic mass is 10.2. The highest BCUT2D eigenvalue weighted by molar-refractivity contribution is 5.94. The van der Waals surface area contributed by atoms with Gasteiger partial charge in [-0.2, -0.15) is 0 Å². The highest BCUT2D eigenvalue weighted by Gasteiger charge is 2.27. The summed E-state index contributed by atoms with van der Waals surface area (Å²) in [6, 6.07) is 2.95. The zero-order valence-corrected chi connectivity index (χ0v) is 10.9. The molecule has 1 aliphatic heterocycles. The number of likely N-dealkylation sites (N-methyl/N-ethyl adjacent to an activating group) is 1. The van der Waals surface area contributed by atoms with Gasteiger partial charge in [0.1, 0.15) is 6.10 Å². The van der Waals surface area contributed by atoms with Crippen LogP contribution in [-0.4, -0.2) is 43.1 Å².